The minimum Gasteiger partial charge on any atom is -0.353 e. The molecule has 1 rings (SSSR count). The molecule has 0 aliphatic heterocycles. The Kier molecular flexibility index (Phi) is 4.81. The Bertz CT molecular complexity index is 413. The first kappa shape index (κ1) is 12.0. The molecule has 0 saturated carbocycles. The van der Waals surface area contributed by atoms with Crippen molar-refractivity contribution in [2.45, 2.75) is 13.3 Å². The smallest absolute Gasteiger partial charge is 0.217 e. The van der Waals surface area contributed by atoms with Crippen LogP contribution in [0.4, 0.5) is 0 Å². The standard InChI is InChI=1S/C13H14N2O/c1-11(16)15-10-2-3-12-4-6-13(7-5-12)8-9-14/h2-7H,8,10H2,1H3,(H,15,16). The highest BCUT2D eigenvalue weighted by Crippen LogP contribution is 2.06. The molecule has 0 unspecified atom stereocenters. The number of carbonyl (C=O) groups excluding carboxylic acids is 1. The van der Waals surface area contributed by atoms with Crippen molar-refractivity contribution in [3.05, 3.63) is 41.5 Å². The molecule has 0 heterocycles. The molecule has 0 saturated heterocycles. The molecular formula is C13H14N2O. The van der Waals surface area contributed by atoms with Gasteiger partial charge in [-0.2, -0.15) is 5.26 Å². The second-order valence-electron chi connectivity index (χ2n) is 3.42. The Hall–Kier alpha value is -2.08. The number of amides is 1. The summed E-state index contributed by atoms with van der Waals surface area (Å²) in [5.41, 5.74) is 2.08. The van der Waals surface area contributed by atoms with E-state index in [0.29, 0.717) is 13.0 Å². The van der Waals surface area contributed by atoms with Gasteiger partial charge in [0.25, 0.3) is 0 Å². The molecule has 0 atom stereocenters. The van der Waals surface area contributed by atoms with Crippen LogP contribution in [-0.4, -0.2) is 12.5 Å². The van der Waals surface area contributed by atoms with Crippen LogP contribution < -0.4 is 5.32 Å². The second-order valence-corrected chi connectivity index (χ2v) is 3.42. The fourth-order valence-electron chi connectivity index (χ4n) is 1.24. The number of nitrogens with one attached hydrogen (secondary N) is 1. The summed E-state index contributed by atoms with van der Waals surface area (Å²) in [7, 11) is 0. The van der Waals surface area contributed by atoms with Crippen molar-refractivity contribution in [2.24, 2.45) is 0 Å². The zero-order valence-electron chi connectivity index (χ0n) is 9.23. The molecule has 82 valence electrons. The molecule has 0 aromatic heterocycles. The lowest BCUT2D eigenvalue weighted by Crippen LogP contribution is -2.19. The van der Waals surface area contributed by atoms with Crippen molar-refractivity contribution in [3.63, 3.8) is 0 Å². The predicted octanol–water partition coefficient (Wildman–Crippen LogP) is 1.90. The first-order chi connectivity index (χ1) is 7.72. The zero-order chi connectivity index (χ0) is 11.8. The van der Waals surface area contributed by atoms with Gasteiger partial charge in [0.05, 0.1) is 12.5 Å². The van der Waals surface area contributed by atoms with E-state index >= 15 is 0 Å². The summed E-state index contributed by atoms with van der Waals surface area (Å²) < 4.78 is 0. The van der Waals surface area contributed by atoms with Crippen molar-refractivity contribution in [2.75, 3.05) is 6.54 Å². The van der Waals surface area contributed by atoms with E-state index in [-0.39, 0.29) is 5.91 Å². The fraction of sp³-hybridized carbons (Fsp3) is 0.231. The number of hydrogen-bond acceptors (Lipinski definition) is 2. The van der Waals surface area contributed by atoms with Crippen LogP contribution in [-0.2, 0) is 11.2 Å². The number of hydrogen-bond donors (Lipinski definition) is 1. The molecule has 0 bridgehead atoms. The third kappa shape index (κ3) is 4.43. The molecule has 3 heteroatoms. The summed E-state index contributed by atoms with van der Waals surface area (Å²) in [6.45, 7) is 2.03. The fourth-order valence-corrected chi connectivity index (χ4v) is 1.24. The summed E-state index contributed by atoms with van der Waals surface area (Å²) in [4.78, 5) is 10.6. The second kappa shape index (κ2) is 6.41. The Morgan fingerprint density at radius 3 is 2.69 bits per heavy atom. The lowest BCUT2D eigenvalue weighted by molar-refractivity contribution is -0.118. The largest absolute Gasteiger partial charge is 0.353 e. The topological polar surface area (TPSA) is 52.9 Å². The van der Waals surface area contributed by atoms with E-state index in [1.54, 1.807) is 0 Å². The van der Waals surface area contributed by atoms with E-state index < -0.39 is 0 Å². The van der Waals surface area contributed by atoms with Gasteiger partial charge in [0.1, 0.15) is 0 Å². The molecule has 0 radical (unpaired) electrons. The molecule has 0 aliphatic rings. The van der Waals surface area contributed by atoms with E-state index in [2.05, 4.69) is 11.4 Å². The Morgan fingerprint density at radius 1 is 1.44 bits per heavy atom. The maximum atomic E-state index is 10.6. The highest BCUT2D eigenvalue weighted by molar-refractivity contribution is 5.73. The first-order valence-corrected chi connectivity index (χ1v) is 5.09. The molecular weight excluding hydrogens is 200 g/mol. The van der Waals surface area contributed by atoms with Gasteiger partial charge in [0.2, 0.25) is 5.91 Å². The van der Waals surface area contributed by atoms with E-state index in [0.717, 1.165) is 11.1 Å². The third-order valence-electron chi connectivity index (χ3n) is 2.04. The van der Waals surface area contributed by atoms with Crippen molar-refractivity contribution in [3.8, 4) is 6.07 Å². The van der Waals surface area contributed by atoms with E-state index in [1.807, 2.05) is 36.4 Å². The summed E-state index contributed by atoms with van der Waals surface area (Å²) >= 11 is 0. The van der Waals surface area contributed by atoms with Gasteiger partial charge >= 0.3 is 0 Å². The number of benzene rings is 1. The van der Waals surface area contributed by atoms with Crippen molar-refractivity contribution in [1.29, 1.82) is 5.26 Å². The molecule has 1 amide bonds. The molecule has 1 aromatic rings. The Balaban J connectivity index is 2.49. The van der Waals surface area contributed by atoms with Crippen molar-refractivity contribution >= 4 is 12.0 Å². The van der Waals surface area contributed by atoms with Crippen LogP contribution in [0.5, 0.6) is 0 Å². The monoisotopic (exact) mass is 214 g/mol. The number of carbonyl (C=O) groups is 1. The maximum absolute atomic E-state index is 10.6. The third-order valence-corrected chi connectivity index (χ3v) is 2.04. The Labute approximate surface area is 95.4 Å². The molecule has 0 fully saturated rings. The van der Waals surface area contributed by atoms with Crippen LogP contribution in [0.1, 0.15) is 18.1 Å². The predicted molar refractivity (Wildman–Crippen MR) is 63.5 cm³/mol. The first-order valence-electron chi connectivity index (χ1n) is 5.09. The number of rotatable bonds is 4. The molecule has 3 nitrogen and oxygen atoms in total. The van der Waals surface area contributed by atoms with Gasteiger partial charge in [-0.1, -0.05) is 36.4 Å². The van der Waals surface area contributed by atoms with Crippen LogP contribution >= 0.6 is 0 Å². The SMILES string of the molecule is CC(=O)NCC=Cc1ccc(CC#N)cc1. The molecule has 1 aromatic carbocycles. The van der Waals surface area contributed by atoms with Gasteiger partial charge in [-0.25, -0.2) is 0 Å². The molecule has 16 heavy (non-hydrogen) atoms. The van der Waals surface area contributed by atoms with Crippen LogP contribution in [0.15, 0.2) is 30.3 Å². The number of nitriles is 1. The molecule has 0 spiro atoms. The zero-order valence-corrected chi connectivity index (χ0v) is 9.23. The van der Waals surface area contributed by atoms with Crippen molar-refractivity contribution < 1.29 is 4.79 Å². The minimum absolute atomic E-state index is 0.0333. The average Bonchev–Trinajstić information content (AvgIpc) is 2.27. The normalized spacial score (nSPS) is 10.0. The van der Waals surface area contributed by atoms with Crippen LogP contribution in [0.25, 0.3) is 6.08 Å². The molecule has 1 N–H and O–H groups in total. The average molecular weight is 214 g/mol. The summed E-state index contributed by atoms with van der Waals surface area (Å²) in [6.07, 6.45) is 4.27. The van der Waals surface area contributed by atoms with Crippen LogP contribution in [0.3, 0.4) is 0 Å². The summed E-state index contributed by atoms with van der Waals surface area (Å²) in [5.74, 6) is -0.0333. The summed E-state index contributed by atoms with van der Waals surface area (Å²) in [5, 5.41) is 11.2. The van der Waals surface area contributed by atoms with Gasteiger partial charge in [-0.05, 0) is 11.1 Å². The highest BCUT2D eigenvalue weighted by atomic mass is 16.1. The van der Waals surface area contributed by atoms with Gasteiger partial charge < -0.3 is 5.32 Å². The lowest BCUT2D eigenvalue weighted by Gasteiger charge is -1.97. The van der Waals surface area contributed by atoms with Crippen LogP contribution in [0, 0.1) is 11.3 Å². The van der Waals surface area contributed by atoms with Gasteiger partial charge in [0.15, 0.2) is 0 Å². The van der Waals surface area contributed by atoms with Crippen LogP contribution in [0.2, 0.25) is 0 Å². The summed E-state index contributed by atoms with van der Waals surface area (Å²) in [6, 6.07) is 9.88. The van der Waals surface area contributed by atoms with Gasteiger partial charge in [-0.15, -0.1) is 0 Å². The van der Waals surface area contributed by atoms with E-state index in [1.165, 1.54) is 6.92 Å². The lowest BCUT2D eigenvalue weighted by atomic mass is 10.1. The highest BCUT2D eigenvalue weighted by Gasteiger charge is 1.91. The van der Waals surface area contributed by atoms with Gasteiger partial charge in [0, 0.05) is 13.5 Å². The quantitative estimate of drug-likeness (QED) is 0.832. The van der Waals surface area contributed by atoms with Gasteiger partial charge in [-0.3, -0.25) is 4.79 Å². The van der Waals surface area contributed by atoms with Crippen molar-refractivity contribution in [1.82, 2.24) is 5.32 Å². The maximum Gasteiger partial charge on any atom is 0.217 e. The minimum atomic E-state index is -0.0333. The van der Waals surface area contributed by atoms with E-state index in [4.69, 9.17) is 5.26 Å². The molecule has 0 aliphatic carbocycles. The number of nitrogens with zero attached hydrogens (tertiary/aromatic N) is 1. The van der Waals surface area contributed by atoms with E-state index in [9.17, 15) is 4.79 Å². The Morgan fingerprint density at radius 2 is 2.12 bits per heavy atom.